The van der Waals surface area contributed by atoms with Crippen LogP contribution >= 0.6 is 11.6 Å². The third kappa shape index (κ3) is 4.31. The number of hydrogen-bond acceptors (Lipinski definition) is 5. The van der Waals surface area contributed by atoms with Crippen LogP contribution in [-0.4, -0.2) is 43.8 Å². The molecule has 0 aliphatic heterocycles. The molecule has 18 heavy (non-hydrogen) atoms. The first-order valence-electron chi connectivity index (χ1n) is 6.02. The van der Waals surface area contributed by atoms with Crippen LogP contribution in [0.4, 0.5) is 11.8 Å². The van der Waals surface area contributed by atoms with Crippen molar-refractivity contribution in [2.24, 2.45) is 5.92 Å². The number of nitrogens with one attached hydrogen (secondary N) is 1. The molecule has 0 spiro atoms. The molecule has 0 saturated heterocycles. The van der Waals surface area contributed by atoms with Crippen LogP contribution in [-0.2, 0) is 4.74 Å². The summed E-state index contributed by atoms with van der Waals surface area (Å²) in [6, 6.07) is 0. The molecule has 1 aromatic rings. The van der Waals surface area contributed by atoms with Crippen molar-refractivity contribution in [1.29, 1.82) is 0 Å². The Balaban J connectivity index is 2.94. The van der Waals surface area contributed by atoms with Crippen LogP contribution < -0.4 is 10.2 Å². The van der Waals surface area contributed by atoms with Crippen molar-refractivity contribution in [3.63, 3.8) is 0 Å². The number of aromatic nitrogens is 2. The minimum Gasteiger partial charge on any atom is -0.383 e. The largest absolute Gasteiger partial charge is 0.383 e. The molecule has 5 nitrogen and oxygen atoms in total. The lowest BCUT2D eigenvalue weighted by molar-refractivity contribution is 0.204. The Kier molecular flexibility index (Phi) is 6.15. The molecule has 0 bridgehead atoms. The summed E-state index contributed by atoms with van der Waals surface area (Å²) in [7, 11) is 3.48. The second-order valence-corrected chi connectivity index (χ2v) is 4.86. The highest BCUT2D eigenvalue weighted by Crippen LogP contribution is 2.24. The summed E-state index contributed by atoms with van der Waals surface area (Å²) in [4.78, 5) is 10.6. The average molecular weight is 273 g/mol. The Labute approximate surface area is 114 Å². The van der Waals surface area contributed by atoms with Crippen LogP contribution in [0.25, 0.3) is 0 Å². The van der Waals surface area contributed by atoms with Gasteiger partial charge < -0.3 is 15.0 Å². The van der Waals surface area contributed by atoms with E-state index in [1.165, 1.54) is 0 Å². The van der Waals surface area contributed by atoms with E-state index in [2.05, 4.69) is 34.0 Å². The summed E-state index contributed by atoms with van der Waals surface area (Å²) in [6.07, 6.45) is 1.62. The lowest BCUT2D eigenvalue weighted by atomic mass is 10.2. The van der Waals surface area contributed by atoms with Gasteiger partial charge in [0.05, 0.1) is 12.8 Å². The van der Waals surface area contributed by atoms with E-state index in [4.69, 9.17) is 16.3 Å². The van der Waals surface area contributed by atoms with Crippen molar-refractivity contribution < 1.29 is 4.74 Å². The summed E-state index contributed by atoms with van der Waals surface area (Å²) in [5.74, 6) is 1.84. The van der Waals surface area contributed by atoms with Gasteiger partial charge in [0, 0.05) is 27.2 Å². The Morgan fingerprint density at radius 3 is 2.78 bits per heavy atom. The molecule has 0 fully saturated rings. The number of rotatable bonds is 7. The standard InChI is InChI=1S/C12H21ClN4O/c1-9(2)8-17(5-6-18-4)11-10(13)7-15-12(14-3)16-11/h7,9H,5-6,8H2,1-4H3,(H,14,15,16). The van der Waals surface area contributed by atoms with Crippen molar-refractivity contribution >= 4 is 23.4 Å². The predicted octanol–water partition coefficient (Wildman–Crippen LogP) is 2.28. The molecule has 1 aromatic heterocycles. The van der Waals surface area contributed by atoms with E-state index in [-0.39, 0.29) is 0 Å². The molecule has 0 saturated carbocycles. The predicted molar refractivity (Wildman–Crippen MR) is 75.5 cm³/mol. The fourth-order valence-corrected chi connectivity index (χ4v) is 1.84. The van der Waals surface area contributed by atoms with Crippen molar-refractivity contribution in [2.75, 3.05) is 44.1 Å². The molecular formula is C12H21ClN4O. The molecule has 0 aliphatic rings. The molecule has 6 heteroatoms. The van der Waals surface area contributed by atoms with Gasteiger partial charge in [0.15, 0.2) is 5.82 Å². The number of ether oxygens (including phenoxy) is 1. The molecule has 102 valence electrons. The summed E-state index contributed by atoms with van der Waals surface area (Å²) < 4.78 is 5.13. The molecule has 1 heterocycles. The third-order valence-corrected chi connectivity index (χ3v) is 2.67. The molecule has 1 N–H and O–H groups in total. The highest BCUT2D eigenvalue weighted by Gasteiger charge is 2.14. The van der Waals surface area contributed by atoms with E-state index in [9.17, 15) is 0 Å². The third-order valence-electron chi connectivity index (χ3n) is 2.40. The van der Waals surface area contributed by atoms with Crippen LogP contribution in [0.2, 0.25) is 5.02 Å². The van der Waals surface area contributed by atoms with Crippen molar-refractivity contribution in [2.45, 2.75) is 13.8 Å². The molecule has 0 unspecified atom stereocenters. The molecule has 0 atom stereocenters. The monoisotopic (exact) mass is 272 g/mol. The number of hydrogen-bond donors (Lipinski definition) is 1. The van der Waals surface area contributed by atoms with Crippen LogP contribution in [0.5, 0.6) is 0 Å². The van der Waals surface area contributed by atoms with E-state index < -0.39 is 0 Å². The average Bonchev–Trinajstić information content (AvgIpc) is 2.35. The first-order chi connectivity index (χ1) is 8.58. The van der Waals surface area contributed by atoms with E-state index in [1.807, 2.05) is 0 Å². The second-order valence-electron chi connectivity index (χ2n) is 4.45. The maximum absolute atomic E-state index is 6.18. The maximum atomic E-state index is 6.18. The zero-order chi connectivity index (χ0) is 13.5. The molecule has 1 rings (SSSR count). The van der Waals surface area contributed by atoms with Crippen LogP contribution in [0.3, 0.4) is 0 Å². The lowest BCUT2D eigenvalue weighted by Crippen LogP contribution is -2.32. The summed E-state index contributed by atoms with van der Waals surface area (Å²) in [5.41, 5.74) is 0. The van der Waals surface area contributed by atoms with Gasteiger partial charge in [-0.05, 0) is 5.92 Å². The van der Waals surface area contributed by atoms with E-state index in [1.54, 1.807) is 20.4 Å². The summed E-state index contributed by atoms with van der Waals surface area (Å²) in [5, 5.41) is 3.48. The lowest BCUT2D eigenvalue weighted by Gasteiger charge is -2.26. The molecule has 0 radical (unpaired) electrons. The minimum absolute atomic E-state index is 0.519. The van der Waals surface area contributed by atoms with Crippen LogP contribution in [0, 0.1) is 5.92 Å². The van der Waals surface area contributed by atoms with Gasteiger partial charge in [0.25, 0.3) is 0 Å². The molecule has 0 amide bonds. The van der Waals surface area contributed by atoms with Gasteiger partial charge in [-0.25, -0.2) is 4.98 Å². The smallest absolute Gasteiger partial charge is 0.224 e. The normalized spacial score (nSPS) is 10.8. The maximum Gasteiger partial charge on any atom is 0.224 e. The summed E-state index contributed by atoms with van der Waals surface area (Å²) in [6.45, 7) is 6.60. The van der Waals surface area contributed by atoms with Crippen LogP contribution in [0.1, 0.15) is 13.8 Å². The zero-order valence-corrected chi connectivity index (χ0v) is 12.2. The van der Waals surface area contributed by atoms with Gasteiger partial charge >= 0.3 is 0 Å². The van der Waals surface area contributed by atoms with E-state index >= 15 is 0 Å². The Morgan fingerprint density at radius 1 is 1.50 bits per heavy atom. The quantitative estimate of drug-likeness (QED) is 0.825. The van der Waals surface area contributed by atoms with Gasteiger partial charge in [-0.15, -0.1) is 0 Å². The van der Waals surface area contributed by atoms with Crippen molar-refractivity contribution in [3.05, 3.63) is 11.2 Å². The Morgan fingerprint density at radius 2 is 2.22 bits per heavy atom. The molecule has 0 aliphatic carbocycles. The topological polar surface area (TPSA) is 50.3 Å². The fourth-order valence-electron chi connectivity index (χ4n) is 1.63. The minimum atomic E-state index is 0.519. The highest BCUT2D eigenvalue weighted by molar-refractivity contribution is 6.32. The van der Waals surface area contributed by atoms with Crippen LogP contribution in [0.15, 0.2) is 6.20 Å². The SMILES string of the molecule is CNc1ncc(Cl)c(N(CCOC)CC(C)C)n1. The second kappa shape index (κ2) is 7.38. The highest BCUT2D eigenvalue weighted by atomic mass is 35.5. The van der Waals surface area contributed by atoms with Gasteiger partial charge in [0.2, 0.25) is 5.95 Å². The number of methoxy groups -OCH3 is 1. The Bertz CT molecular complexity index is 373. The summed E-state index contributed by atoms with van der Waals surface area (Å²) >= 11 is 6.18. The number of anilines is 2. The number of nitrogens with zero attached hydrogens (tertiary/aromatic N) is 3. The van der Waals surface area contributed by atoms with E-state index in [0.29, 0.717) is 23.5 Å². The number of halogens is 1. The molecular weight excluding hydrogens is 252 g/mol. The van der Waals surface area contributed by atoms with Gasteiger partial charge in [-0.1, -0.05) is 25.4 Å². The fraction of sp³-hybridized carbons (Fsp3) is 0.667. The van der Waals surface area contributed by atoms with E-state index in [0.717, 1.165) is 18.9 Å². The first-order valence-corrected chi connectivity index (χ1v) is 6.40. The van der Waals surface area contributed by atoms with Gasteiger partial charge in [0.1, 0.15) is 5.02 Å². The zero-order valence-electron chi connectivity index (χ0n) is 11.4. The first kappa shape index (κ1) is 15.0. The van der Waals surface area contributed by atoms with Crippen molar-refractivity contribution in [3.8, 4) is 0 Å². The molecule has 0 aromatic carbocycles. The van der Waals surface area contributed by atoms with Gasteiger partial charge in [-0.2, -0.15) is 4.98 Å². The van der Waals surface area contributed by atoms with Crippen molar-refractivity contribution in [1.82, 2.24) is 9.97 Å². The van der Waals surface area contributed by atoms with Gasteiger partial charge in [-0.3, -0.25) is 0 Å². The Hall–Kier alpha value is -1.07.